The first-order valence-electron chi connectivity index (χ1n) is 5.65. The van der Waals surface area contributed by atoms with Crippen molar-refractivity contribution in [2.24, 2.45) is 23.2 Å². The molecule has 3 atom stereocenters. The molecule has 1 heterocycles. The van der Waals surface area contributed by atoms with Crippen LogP contribution in [0.2, 0.25) is 0 Å². The molecule has 0 amide bonds. The van der Waals surface area contributed by atoms with Gasteiger partial charge >= 0.3 is 0 Å². The smallest absolute Gasteiger partial charge is 0.0498 e. The van der Waals surface area contributed by atoms with Crippen LogP contribution >= 0.6 is 0 Å². The largest absolute Gasteiger partial charge is 0.381 e. The van der Waals surface area contributed by atoms with E-state index >= 15 is 0 Å². The molecule has 1 aliphatic carbocycles. The van der Waals surface area contributed by atoms with Gasteiger partial charge in [0.15, 0.2) is 0 Å². The van der Waals surface area contributed by atoms with Crippen LogP contribution in [0.1, 0.15) is 40.0 Å². The fraction of sp³-hybridized carbons (Fsp3) is 1.00. The quantitative estimate of drug-likeness (QED) is 0.559. The van der Waals surface area contributed by atoms with Crippen molar-refractivity contribution in [3.8, 4) is 0 Å². The first-order valence-corrected chi connectivity index (χ1v) is 5.65. The molecule has 0 bridgehead atoms. The second-order valence-electron chi connectivity index (χ2n) is 5.93. The minimum absolute atomic E-state index is 0.508. The maximum absolute atomic E-state index is 5.55. The lowest BCUT2D eigenvalue weighted by molar-refractivity contribution is 0.121. The lowest BCUT2D eigenvalue weighted by Crippen LogP contribution is -2.31. The van der Waals surface area contributed by atoms with Gasteiger partial charge in [-0.2, -0.15) is 0 Å². The van der Waals surface area contributed by atoms with Gasteiger partial charge in [-0.1, -0.05) is 20.8 Å². The Labute approximate surface area is 81.9 Å². The maximum Gasteiger partial charge on any atom is 0.0498 e. The normalized spacial score (nSPS) is 40.4. The summed E-state index contributed by atoms with van der Waals surface area (Å²) in [6, 6.07) is 0. The van der Waals surface area contributed by atoms with Gasteiger partial charge in [0, 0.05) is 13.2 Å². The fourth-order valence-corrected chi connectivity index (χ4v) is 2.91. The van der Waals surface area contributed by atoms with Crippen molar-refractivity contribution in [2.45, 2.75) is 40.0 Å². The lowest BCUT2D eigenvalue weighted by Gasteiger charge is -2.38. The first kappa shape index (κ1) is 9.51. The molecule has 2 aliphatic rings. The highest BCUT2D eigenvalue weighted by atomic mass is 16.5. The highest BCUT2D eigenvalue weighted by molar-refractivity contribution is 4.87. The van der Waals surface area contributed by atoms with Crippen molar-refractivity contribution in [1.29, 1.82) is 0 Å². The predicted octanol–water partition coefficient (Wildman–Crippen LogP) is 3.10. The molecule has 1 heteroatoms. The molecule has 1 saturated carbocycles. The van der Waals surface area contributed by atoms with Crippen molar-refractivity contribution in [3.63, 3.8) is 0 Å². The molecule has 76 valence electrons. The zero-order valence-electron chi connectivity index (χ0n) is 9.18. The highest BCUT2D eigenvalue weighted by Gasteiger charge is 2.38. The predicted molar refractivity (Wildman–Crippen MR) is 54.6 cm³/mol. The summed E-state index contributed by atoms with van der Waals surface area (Å²) in [6.07, 6.45) is 4.24. The van der Waals surface area contributed by atoms with Crippen LogP contribution in [0.25, 0.3) is 0 Å². The summed E-state index contributed by atoms with van der Waals surface area (Å²) in [5.41, 5.74) is 0.508. The van der Waals surface area contributed by atoms with Crippen LogP contribution < -0.4 is 0 Å². The molecule has 2 fully saturated rings. The maximum atomic E-state index is 5.55. The second kappa shape index (κ2) is 3.27. The summed E-state index contributed by atoms with van der Waals surface area (Å²) >= 11 is 0. The molecule has 0 aromatic carbocycles. The Morgan fingerprint density at radius 1 is 1.00 bits per heavy atom. The summed E-state index contributed by atoms with van der Waals surface area (Å²) in [4.78, 5) is 0. The third-order valence-electron chi connectivity index (χ3n) is 4.03. The summed E-state index contributed by atoms with van der Waals surface area (Å²) in [5, 5.41) is 0. The molecule has 0 radical (unpaired) electrons. The van der Waals surface area contributed by atoms with Gasteiger partial charge < -0.3 is 4.74 Å². The fourth-order valence-electron chi connectivity index (χ4n) is 2.91. The van der Waals surface area contributed by atoms with Crippen molar-refractivity contribution in [2.75, 3.05) is 13.2 Å². The number of hydrogen-bond acceptors (Lipinski definition) is 1. The average molecular weight is 182 g/mol. The molecular formula is C12H22O. The van der Waals surface area contributed by atoms with Crippen LogP contribution in [0, 0.1) is 23.2 Å². The minimum atomic E-state index is 0.508. The molecule has 1 nitrogen and oxygen atoms in total. The van der Waals surface area contributed by atoms with Gasteiger partial charge in [0.05, 0.1) is 0 Å². The van der Waals surface area contributed by atoms with Crippen molar-refractivity contribution in [1.82, 2.24) is 0 Å². The van der Waals surface area contributed by atoms with E-state index < -0.39 is 0 Å². The van der Waals surface area contributed by atoms with E-state index in [0.29, 0.717) is 5.41 Å². The van der Waals surface area contributed by atoms with Crippen LogP contribution in [0.4, 0.5) is 0 Å². The van der Waals surface area contributed by atoms with E-state index in [1.807, 2.05) is 0 Å². The van der Waals surface area contributed by atoms with E-state index in [1.165, 1.54) is 19.3 Å². The Kier molecular flexibility index (Phi) is 2.39. The van der Waals surface area contributed by atoms with Crippen LogP contribution in [0.3, 0.4) is 0 Å². The summed E-state index contributed by atoms with van der Waals surface area (Å²) in [5.74, 6) is 2.71. The van der Waals surface area contributed by atoms with Crippen LogP contribution in [-0.2, 0) is 4.74 Å². The van der Waals surface area contributed by atoms with E-state index in [4.69, 9.17) is 4.74 Å². The highest BCUT2D eigenvalue weighted by Crippen LogP contribution is 2.44. The van der Waals surface area contributed by atoms with Crippen LogP contribution in [0.5, 0.6) is 0 Å². The monoisotopic (exact) mass is 182 g/mol. The molecule has 0 N–H and O–H groups in total. The van der Waals surface area contributed by atoms with Crippen LogP contribution in [0.15, 0.2) is 0 Å². The lowest BCUT2D eigenvalue weighted by atomic mass is 9.66. The van der Waals surface area contributed by atoms with Gasteiger partial charge in [-0.3, -0.25) is 0 Å². The number of rotatable bonds is 0. The van der Waals surface area contributed by atoms with E-state index in [9.17, 15) is 0 Å². The summed E-state index contributed by atoms with van der Waals surface area (Å²) in [7, 11) is 0. The third kappa shape index (κ3) is 1.90. The molecule has 0 aromatic rings. The molecule has 0 spiro atoms. The molecule has 13 heavy (non-hydrogen) atoms. The standard InChI is InChI=1S/C12H22O/c1-12(2,3)11-5-4-9-7-13-8-10(9)6-11/h9-11H,4-8H2,1-3H3/t9-,10+,11?/m0/s1. The number of fused-ring (bicyclic) bond motifs is 1. The van der Waals surface area contributed by atoms with E-state index in [2.05, 4.69) is 20.8 Å². The average Bonchev–Trinajstić information content (AvgIpc) is 2.47. The molecule has 2 rings (SSSR count). The zero-order chi connectivity index (χ0) is 9.47. The zero-order valence-corrected chi connectivity index (χ0v) is 9.18. The number of hydrogen-bond donors (Lipinski definition) is 0. The summed E-state index contributed by atoms with van der Waals surface area (Å²) in [6.45, 7) is 9.23. The van der Waals surface area contributed by atoms with E-state index in [1.54, 1.807) is 0 Å². The Morgan fingerprint density at radius 2 is 1.69 bits per heavy atom. The minimum Gasteiger partial charge on any atom is -0.381 e. The Balaban J connectivity index is 1.97. The van der Waals surface area contributed by atoms with Gasteiger partial charge in [0.2, 0.25) is 0 Å². The SMILES string of the molecule is CC(C)(C)C1CC[C@H]2COC[C@H]2C1. The van der Waals surface area contributed by atoms with Gasteiger partial charge in [-0.25, -0.2) is 0 Å². The Hall–Kier alpha value is -0.0400. The Morgan fingerprint density at radius 3 is 2.38 bits per heavy atom. The van der Waals surface area contributed by atoms with Crippen molar-refractivity contribution < 1.29 is 4.74 Å². The summed E-state index contributed by atoms with van der Waals surface area (Å²) < 4.78 is 5.55. The van der Waals surface area contributed by atoms with Crippen molar-refractivity contribution in [3.05, 3.63) is 0 Å². The molecular weight excluding hydrogens is 160 g/mol. The molecule has 1 unspecified atom stereocenters. The second-order valence-corrected chi connectivity index (χ2v) is 5.93. The molecule has 1 aliphatic heterocycles. The third-order valence-corrected chi connectivity index (χ3v) is 4.03. The number of ether oxygens (including phenoxy) is 1. The van der Waals surface area contributed by atoms with Gasteiger partial charge in [-0.15, -0.1) is 0 Å². The van der Waals surface area contributed by atoms with Gasteiger partial charge in [-0.05, 0) is 42.4 Å². The van der Waals surface area contributed by atoms with E-state index in [-0.39, 0.29) is 0 Å². The van der Waals surface area contributed by atoms with Gasteiger partial charge in [0.1, 0.15) is 0 Å². The van der Waals surface area contributed by atoms with Crippen LogP contribution in [-0.4, -0.2) is 13.2 Å². The van der Waals surface area contributed by atoms with Crippen molar-refractivity contribution >= 4 is 0 Å². The Bertz CT molecular complexity index is 180. The first-order chi connectivity index (χ1) is 6.07. The molecule has 0 aromatic heterocycles. The molecule has 1 saturated heterocycles. The topological polar surface area (TPSA) is 9.23 Å². The van der Waals surface area contributed by atoms with E-state index in [0.717, 1.165) is 31.0 Å². The van der Waals surface area contributed by atoms with Gasteiger partial charge in [0.25, 0.3) is 0 Å².